The lowest BCUT2D eigenvalue weighted by Crippen LogP contribution is -2.00. The van der Waals surface area contributed by atoms with E-state index in [9.17, 15) is 4.79 Å². The van der Waals surface area contributed by atoms with E-state index in [4.69, 9.17) is 9.26 Å². The van der Waals surface area contributed by atoms with Crippen LogP contribution in [0, 0.1) is 0 Å². The van der Waals surface area contributed by atoms with Gasteiger partial charge in [0.05, 0.1) is 9.47 Å². The maximum Gasteiger partial charge on any atom is 0.161 e. The number of epoxide rings is 1. The van der Waals surface area contributed by atoms with Crippen LogP contribution in [-0.4, -0.2) is 11.9 Å². The molecule has 1 saturated heterocycles. The van der Waals surface area contributed by atoms with Crippen molar-refractivity contribution in [2.24, 2.45) is 0 Å². The van der Waals surface area contributed by atoms with Gasteiger partial charge in [-0.3, -0.25) is 4.79 Å². The van der Waals surface area contributed by atoms with Crippen LogP contribution in [0.3, 0.4) is 0 Å². The Morgan fingerprint density at radius 3 is 2.50 bits per heavy atom. The molecule has 1 aliphatic heterocycles. The first-order valence-electron chi connectivity index (χ1n) is 4.35. The van der Waals surface area contributed by atoms with Crippen molar-refractivity contribution >= 4 is 15.2 Å². The molecule has 1 heterocycles. The highest BCUT2D eigenvalue weighted by Crippen LogP contribution is 2.39. The van der Waals surface area contributed by atoms with Crippen LogP contribution in [0.2, 0.25) is 0 Å². The first-order chi connectivity index (χ1) is 6.72. The Morgan fingerprint density at radius 2 is 2.07 bits per heavy atom. The molecule has 0 aliphatic carbocycles. The van der Waals surface area contributed by atoms with Crippen LogP contribution in [0.1, 0.15) is 18.6 Å². The van der Waals surface area contributed by atoms with E-state index in [-0.39, 0.29) is 18.0 Å². The Balaban J connectivity index is 2.08. The van der Waals surface area contributed by atoms with E-state index in [1.165, 1.54) is 0 Å². The summed E-state index contributed by atoms with van der Waals surface area (Å²) in [6.45, 7) is 1.55. The van der Waals surface area contributed by atoms with E-state index in [2.05, 4.69) is 9.47 Å². The molecule has 74 valence electrons. The van der Waals surface area contributed by atoms with Crippen molar-refractivity contribution in [2.45, 2.75) is 19.1 Å². The minimum absolute atomic E-state index is 0.0499. The zero-order valence-electron chi connectivity index (χ0n) is 7.77. The van der Waals surface area contributed by atoms with Gasteiger partial charge in [0.2, 0.25) is 0 Å². The van der Waals surface area contributed by atoms with E-state index >= 15 is 0 Å². The zero-order valence-corrected chi connectivity index (χ0v) is 8.92. The summed E-state index contributed by atoms with van der Waals surface area (Å²) in [5.74, 6) is 0.861. The first-order valence-corrected chi connectivity index (χ1v) is 4.82. The van der Waals surface area contributed by atoms with Gasteiger partial charge in [0.25, 0.3) is 0 Å². The number of hydrogen-bond acceptors (Lipinski definition) is 3. The summed E-state index contributed by atoms with van der Waals surface area (Å²) in [4.78, 5) is 11.0. The van der Waals surface area contributed by atoms with Crippen LogP contribution in [0.25, 0.3) is 0 Å². The molecule has 1 aliphatic rings. The number of Topliss-reactive ketones (excluding diaryl/α,β-unsaturated/α-hetero) is 1. The molecule has 0 spiro atoms. The lowest BCUT2D eigenvalue weighted by Gasteiger charge is -1.99. The second-order valence-corrected chi connectivity index (χ2v) is 3.51. The summed E-state index contributed by atoms with van der Waals surface area (Å²) < 4.78 is 10.2. The van der Waals surface area contributed by atoms with Crippen molar-refractivity contribution in [1.82, 2.24) is 0 Å². The monoisotopic (exact) mass is 210 g/mol. The lowest BCUT2D eigenvalue weighted by atomic mass is 10.1. The summed E-state index contributed by atoms with van der Waals surface area (Å²) >= 11 is 0. The predicted octanol–water partition coefficient (Wildman–Crippen LogP) is 1.88. The summed E-state index contributed by atoms with van der Waals surface area (Å²) in [6.07, 6.45) is -0.288. The summed E-state index contributed by atoms with van der Waals surface area (Å²) in [5.41, 5.74) is 1.02. The average Bonchev–Trinajstić information content (AvgIpc) is 2.97. The van der Waals surface area contributed by atoms with Gasteiger partial charge in [-0.15, -0.1) is 0 Å². The Labute approximate surface area is 84.7 Å². The minimum atomic E-state index is -0.238. The number of ether oxygens (including phenoxy) is 1. The van der Waals surface area contributed by atoms with E-state index in [0.29, 0.717) is 0 Å². The first kappa shape index (κ1) is 9.63. The van der Waals surface area contributed by atoms with Crippen molar-refractivity contribution in [3.63, 3.8) is 0 Å². The minimum Gasteiger partial charge on any atom is -0.480 e. The van der Waals surface area contributed by atoms with Crippen LogP contribution < -0.4 is 4.52 Å². The standard InChI is InChI=1S/C10H11O3P/c1-6(11)9-10(12-9)7-2-4-8(13-14)5-3-7/h2-5,9-10H,14H2,1H3. The van der Waals surface area contributed by atoms with Crippen molar-refractivity contribution in [1.29, 1.82) is 0 Å². The van der Waals surface area contributed by atoms with Crippen LogP contribution >= 0.6 is 9.47 Å². The topological polar surface area (TPSA) is 38.8 Å². The predicted molar refractivity (Wildman–Crippen MR) is 55.1 cm³/mol. The SMILES string of the molecule is CC(=O)C1OC1c1ccc(OP)cc1. The highest BCUT2D eigenvalue weighted by Gasteiger charge is 2.43. The van der Waals surface area contributed by atoms with Crippen molar-refractivity contribution < 1.29 is 14.1 Å². The van der Waals surface area contributed by atoms with Gasteiger partial charge in [-0.2, -0.15) is 0 Å². The molecule has 0 aromatic heterocycles. The molecule has 1 aromatic carbocycles. The summed E-state index contributed by atoms with van der Waals surface area (Å²) in [6, 6.07) is 7.52. The van der Waals surface area contributed by atoms with Crippen LogP contribution in [0.5, 0.6) is 5.75 Å². The normalized spacial score (nSPS) is 24.4. The molecule has 3 unspecified atom stereocenters. The number of carbonyl (C=O) groups is 1. The van der Waals surface area contributed by atoms with Gasteiger partial charge < -0.3 is 9.26 Å². The van der Waals surface area contributed by atoms with E-state index in [1.54, 1.807) is 6.92 Å². The highest BCUT2D eigenvalue weighted by molar-refractivity contribution is 7.10. The van der Waals surface area contributed by atoms with E-state index < -0.39 is 0 Å². The smallest absolute Gasteiger partial charge is 0.161 e. The van der Waals surface area contributed by atoms with Gasteiger partial charge >= 0.3 is 0 Å². The molecule has 1 aromatic rings. The van der Waals surface area contributed by atoms with Crippen molar-refractivity contribution in [3.05, 3.63) is 29.8 Å². The van der Waals surface area contributed by atoms with Gasteiger partial charge in [-0.05, 0) is 24.6 Å². The number of hydrogen-bond donors (Lipinski definition) is 0. The average molecular weight is 210 g/mol. The van der Waals surface area contributed by atoms with Gasteiger partial charge in [0.1, 0.15) is 18.0 Å². The second-order valence-electron chi connectivity index (χ2n) is 3.27. The van der Waals surface area contributed by atoms with Crippen LogP contribution in [0.4, 0.5) is 0 Å². The maximum atomic E-state index is 11.0. The Kier molecular flexibility index (Phi) is 2.53. The van der Waals surface area contributed by atoms with Crippen molar-refractivity contribution in [3.8, 4) is 5.75 Å². The Morgan fingerprint density at radius 1 is 1.43 bits per heavy atom. The Hall–Kier alpha value is -0.920. The Bertz CT molecular complexity index is 347. The van der Waals surface area contributed by atoms with E-state index in [1.807, 2.05) is 24.3 Å². The van der Waals surface area contributed by atoms with Gasteiger partial charge in [-0.1, -0.05) is 12.1 Å². The molecule has 1 fully saturated rings. The molecule has 14 heavy (non-hydrogen) atoms. The van der Waals surface area contributed by atoms with E-state index in [0.717, 1.165) is 11.3 Å². The molecule has 3 nitrogen and oxygen atoms in total. The van der Waals surface area contributed by atoms with Crippen LogP contribution in [0.15, 0.2) is 24.3 Å². The summed E-state index contributed by atoms with van der Waals surface area (Å²) in [5, 5.41) is 0. The molecule has 0 radical (unpaired) electrons. The fourth-order valence-corrected chi connectivity index (χ4v) is 1.57. The van der Waals surface area contributed by atoms with Crippen molar-refractivity contribution in [2.75, 3.05) is 0 Å². The second kappa shape index (κ2) is 3.68. The lowest BCUT2D eigenvalue weighted by molar-refractivity contribution is -0.118. The number of ketones is 1. The number of carbonyl (C=O) groups excluding carboxylic acids is 1. The molecule has 0 bridgehead atoms. The molecular formula is C10H11O3P. The molecule has 2 rings (SSSR count). The third kappa shape index (κ3) is 1.79. The van der Waals surface area contributed by atoms with Gasteiger partial charge in [-0.25, -0.2) is 0 Å². The molecule has 4 heteroatoms. The fourth-order valence-electron chi connectivity index (χ4n) is 1.41. The summed E-state index contributed by atoms with van der Waals surface area (Å²) in [7, 11) is 2.19. The van der Waals surface area contributed by atoms with Crippen LogP contribution in [-0.2, 0) is 9.53 Å². The molecule has 0 saturated carbocycles. The van der Waals surface area contributed by atoms with Gasteiger partial charge in [0, 0.05) is 0 Å². The highest BCUT2D eigenvalue weighted by atomic mass is 31.0. The fraction of sp³-hybridized carbons (Fsp3) is 0.300. The molecule has 0 N–H and O–H groups in total. The largest absolute Gasteiger partial charge is 0.480 e. The third-order valence-electron chi connectivity index (χ3n) is 2.24. The third-order valence-corrected chi connectivity index (χ3v) is 2.51. The molecule has 0 amide bonds. The number of benzene rings is 1. The molecular weight excluding hydrogens is 199 g/mol. The zero-order chi connectivity index (χ0) is 10.1. The molecule has 3 atom stereocenters. The quantitative estimate of drug-likeness (QED) is 0.564. The van der Waals surface area contributed by atoms with Gasteiger partial charge in [0.15, 0.2) is 5.78 Å². The number of rotatable bonds is 3. The maximum absolute atomic E-state index is 11.0.